The van der Waals surface area contributed by atoms with Gasteiger partial charge in [-0.2, -0.15) is 0 Å². The van der Waals surface area contributed by atoms with Crippen molar-refractivity contribution in [1.29, 1.82) is 0 Å². The molecule has 2 heterocycles. The molecule has 6 nitrogen and oxygen atoms in total. The Kier molecular flexibility index (Phi) is 5.15. The number of methoxy groups -OCH3 is 1. The van der Waals surface area contributed by atoms with Crippen LogP contribution >= 0.6 is 22.9 Å². The first-order valence-corrected chi connectivity index (χ1v) is 10.3. The summed E-state index contributed by atoms with van der Waals surface area (Å²) in [7, 11) is 1.84. The highest BCUT2D eigenvalue weighted by Gasteiger charge is 2.28. The van der Waals surface area contributed by atoms with Crippen molar-refractivity contribution in [1.82, 2.24) is 4.90 Å². The zero-order valence-electron chi connectivity index (χ0n) is 14.1. The Morgan fingerprint density at radius 3 is 2.68 bits per heavy atom. The van der Waals surface area contributed by atoms with Crippen molar-refractivity contribution in [2.75, 3.05) is 32.5 Å². The molecule has 0 fully saturated rings. The fraction of sp³-hybridized carbons (Fsp3) is 0.375. The van der Waals surface area contributed by atoms with Gasteiger partial charge in [0.15, 0.2) is 0 Å². The van der Waals surface area contributed by atoms with Crippen LogP contribution in [-0.4, -0.2) is 47.2 Å². The Balaban J connectivity index is 1.97. The van der Waals surface area contributed by atoms with Crippen molar-refractivity contribution in [3.05, 3.63) is 34.2 Å². The van der Waals surface area contributed by atoms with Gasteiger partial charge in [0.1, 0.15) is 22.3 Å². The van der Waals surface area contributed by atoms with E-state index >= 15 is 0 Å². The van der Waals surface area contributed by atoms with Crippen LogP contribution in [0, 0.1) is 0 Å². The molecule has 136 valence electrons. The highest BCUT2D eigenvalue weighted by Crippen LogP contribution is 2.41. The summed E-state index contributed by atoms with van der Waals surface area (Å²) in [5.41, 5.74) is 1.26. The van der Waals surface area contributed by atoms with Gasteiger partial charge in [-0.25, -0.2) is 8.42 Å². The van der Waals surface area contributed by atoms with Crippen LogP contribution in [0.25, 0.3) is 0 Å². The first kappa shape index (κ1) is 18.3. The first-order chi connectivity index (χ1) is 11.8. The lowest BCUT2D eigenvalue weighted by Gasteiger charge is -2.32. The second-order valence-electron chi connectivity index (χ2n) is 5.92. The molecule has 1 aromatic heterocycles. The van der Waals surface area contributed by atoms with Gasteiger partial charge in [-0.15, -0.1) is 11.3 Å². The van der Waals surface area contributed by atoms with E-state index in [-0.39, 0.29) is 10.3 Å². The molecule has 0 saturated heterocycles. The molecule has 9 heteroatoms. The first-order valence-electron chi connectivity index (χ1n) is 7.59. The fourth-order valence-corrected chi connectivity index (χ4v) is 5.23. The van der Waals surface area contributed by atoms with Crippen molar-refractivity contribution in [3.8, 4) is 11.5 Å². The second-order valence-corrected chi connectivity index (χ2v) is 9.54. The Morgan fingerprint density at radius 2 is 2.08 bits per heavy atom. The number of likely N-dealkylation sites (N-methyl/N-ethyl adjacent to an activating group) is 1. The molecule has 25 heavy (non-hydrogen) atoms. The number of fused-ring (bicyclic) bond motifs is 1. The monoisotopic (exact) mass is 402 g/mol. The molecule has 3 rings (SSSR count). The lowest BCUT2D eigenvalue weighted by atomic mass is 10.00. The van der Waals surface area contributed by atoms with Crippen LogP contribution in [-0.2, 0) is 16.4 Å². The molecular formula is C16H19ClN2O4S2. The summed E-state index contributed by atoms with van der Waals surface area (Å²) in [6.45, 7) is 0.479. The summed E-state index contributed by atoms with van der Waals surface area (Å²) in [5.74, 6) is 1.20. The Bertz CT molecular complexity index is 880. The third-order valence-electron chi connectivity index (χ3n) is 4.09. The average molecular weight is 403 g/mol. The summed E-state index contributed by atoms with van der Waals surface area (Å²) < 4.78 is 39.6. The highest BCUT2D eigenvalue weighted by molar-refractivity contribution is 7.94. The largest absolute Gasteiger partial charge is 0.496 e. The van der Waals surface area contributed by atoms with Gasteiger partial charge >= 0.3 is 0 Å². The fourth-order valence-electron chi connectivity index (χ4n) is 2.68. The van der Waals surface area contributed by atoms with Gasteiger partial charge in [-0.3, -0.25) is 4.72 Å². The minimum Gasteiger partial charge on any atom is -0.496 e. The molecule has 1 aliphatic heterocycles. The molecule has 0 bridgehead atoms. The predicted molar refractivity (Wildman–Crippen MR) is 99.8 cm³/mol. The molecular weight excluding hydrogens is 384 g/mol. The smallest absolute Gasteiger partial charge is 0.271 e. The number of ether oxygens (including phenoxy) is 2. The molecule has 0 amide bonds. The van der Waals surface area contributed by atoms with Crippen molar-refractivity contribution < 1.29 is 17.9 Å². The SMILES string of the molecule is COc1ccc(NS(=O)(=O)c2ccc(Cl)s2)c2c1C[C@@H](N(C)C)CO2. The number of thiophene rings is 1. The number of halogens is 1. The number of rotatable bonds is 5. The molecule has 0 unspecified atom stereocenters. The van der Waals surface area contributed by atoms with E-state index in [0.29, 0.717) is 34.6 Å². The van der Waals surface area contributed by atoms with Gasteiger partial charge in [-0.05, 0) is 44.8 Å². The topological polar surface area (TPSA) is 67.9 Å². The van der Waals surface area contributed by atoms with Crippen LogP contribution < -0.4 is 14.2 Å². The van der Waals surface area contributed by atoms with Gasteiger partial charge in [0, 0.05) is 11.6 Å². The van der Waals surface area contributed by atoms with E-state index in [1.165, 1.54) is 6.07 Å². The van der Waals surface area contributed by atoms with Crippen LogP contribution in [0.1, 0.15) is 5.56 Å². The van der Waals surface area contributed by atoms with E-state index in [9.17, 15) is 8.42 Å². The van der Waals surface area contributed by atoms with Gasteiger partial charge in [0.25, 0.3) is 10.0 Å². The zero-order chi connectivity index (χ0) is 18.2. The molecule has 2 aromatic rings. The summed E-state index contributed by atoms with van der Waals surface area (Å²) >= 11 is 6.86. The quantitative estimate of drug-likeness (QED) is 0.832. The van der Waals surface area contributed by atoms with Crippen LogP contribution in [0.15, 0.2) is 28.5 Å². The van der Waals surface area contributed by atoms with Crippen LogP contribution in [0.2, 0.25) is 4.34 Å². The van der Waals surface area contributed by atoms with E-state index in [2.05, 4.69) is 9.62 Å². The third kappa shape index (κ3) is 3.72. The maximum Gasteiger partial charge on any atom is 0.271 e. The number of anilines is 1. The number of benzene rings is 1. The van der Waals surface area contributed by atoms with E-state index in [1.807, 2.05) is 14.1 Å². The molecule has 1 N–H and O–H groups in total. The minimum atomic E-state index is -3.72. The van der Waals surface area contributed by atoms with E-state index < -0.39 is 10.0 Å². The second kappa shape index (κ2) is 7.03. The molecule has 1 aromatic carbocycles. The predicted octanol–water partition coefficient (Wildman–Crippen LogP) is 3.08. The van der Waals surface area contributed by atoms with Crippen LogP contribution in [0.4, 0.5) is 5.69 Å². The number of hydrogen-bond donors (Lipinski definition) is 1. The van der Waals surface area contributed by atoms with Crippen LogP contribution in [0.3, 0.4) is 0 Å². The van der Waals surface area contributed by atoms with E-state index in [4.69, 9.17) is 21.1 Å². The van der Waals surface area contributed by atoms with Crippen molar-refractivity contribution in [3.63, 3.8) is 0 Å². The van der Waals surface area contributed by atoms with Crippen molar-refractivity contribution in [2.24, 2.45) is 0 Å². The summed E-state index contributed by atoms with van der Waals surface area (Å²) in [5, 5.41) is 0. The normalized spacial score (nSPS) is 17.1. The average Bonchev–Trinajstić information content (AvgIpc) is 3.02. The van der Waals surface area contributed by atoms with Gasteiger partial charge in [0.05, 0.1) is 17.1 Å². The number of nitrogens with one attached hydrogen (secondary N) is 1. The Morgan fingerprint density at radius 1 is 1.32 bits per heavy atom. The summed E-state index contributed by atoms with van der Waals surface area (Å²) in [6.07, 6.45) is 0.714. The van der Waals surface area contributed by atoms with E-state index in [0.717, 1.165) is 16.9 Å². The number of nitrogens with zero attached hydrogens (tertiary/aromatic N) is 1. The molecule has 0 aliphatic carbocycles. The summed E-state index contributed by atoms with van der Waals surface area (Å²) in [6, 6.07) is 6.64. The standard InChI is InChI=1S/C16H19ClN2O4S2/c1-19(2)10-8-11-13(22-3)5-4-12(16(11)23-9-10)18-25(20,21)15-7-6-14(17)24-15/h4-7,10,18H,8-9H2,1-3H3/t10-/m1/s1. The third-order valence-corrected chi connectivity index (χ3v) is 7.17. The Hall–Kier alpha value is -1.48. The van der Waals surface area contributed by atoms with Crippen molar-refractivity contribution in [2.45, 2.75) is 16.7 Å². The maximum atomic E-state index is 12.6. The molecule has 0 spiro atoms. The minimum absolute atomic E-state index is 0.157. The molecule has 1 aliphatic rings. The maximum absolute atomic E-state index is 12.6. The Labute approximate surface area is 156 Å². The van der Waals surface area contributed by atoms with E-state index in [1.54, 1.807) is 25.3 Å². The van der Waals surface area contributed by atoms with Crippen molar-refractivity contribution >= 4 is 38.6 Å². The van der Waals surface area contributed by atoms with Gasteiger partial charge in [0.2, 0.25) is 0 Å². The molecule has 1 atom stereocenters. The highest BCUT2D eigenvalue weighted by atomic mass is 35.5. The molecule has 0 radical (unpaired) electrons. The van der Waals surface area contributed by atoms with Crippen LogP contribution in [0.5, 0.6) is 11.5 Å². The lowest BCUT2D eigenvalue weighted by Crippen LogP contribution is -2.38. The lowest BCUT2D eigenvalue weighted by molar-refractivity contribution is 0.164. The number of sulfonamides is 1. The molecule has 0 saturated carbocycles. The summed E-state index contributed by atoms with van der Waals surface area (Å²) in [4.78, 5) is 2.08. The zero-order valence-corrected chi connectivity index (χ0v) is 16.5. The number of hydrogen-bond acceptors (Lipinski definition) is 6. The van der Waals surface area contributed by atoms with Gasteiger partial charge in [-0.1, -0.05) is 11.6 Å². The van der Waals surface area contributed by atoms with Gasteiger partial charge < -0.3 is 14.4 Å².